The standard InChI is InChI=1S/C13H20ClN3O2S2/c14-13-15-9-12(20-13)21(18,19)17-7-3-11(4-8-17)10-16-5-1-2-6-16/h9,11H,1-8,10H2. The van der Waals surface area contributed by atoms with Crippen molar-refractivity contribution in [3.63, 3.8) is 0 Å². The lowest BCUT2D eigenvalue weighted by molar-refractivity contribution is 0.206. The van der Waals surface area contributed by atoms with Gasteiger partial charge in [0.15, 0.2) is 8.68 Å². The van der Waals surface area contributed by atoms with Gasteiger partial charge in [0.2, 0.25) is 0 Å². The molecule has 0 spiro atoms. The van der Waals surface area contributed by atoms with Crippen molar-refractivity contribution in [2.24, 2.45) is 5.92 Å². The fourth-order valence-corrected chi connectivity index (χ4v) is 6.07. The first-order valence-corrected chi connectivity index (χ1v) is 10.0. The van der Waals surface area contributed by atoms with Crippen molar-refractivity contribution in [1.29, 1.82) is 0 Å². The second kappa shape index (κ2) is 6.50. The molecule has 0 radical (unpaired) electrons. The molecule has 8 heteroatoms. The van der Waals surface area contributed by atoms with Crippen LogP contribution in [0, 0.1) is 5.92 Å². The molecular formula is C13H20ClN3O2S2. The minimum Gasteiger partial charge on any atom is -0.303 e. The van der Waals surface area contributed by atoms with Gasteiger partial charge in [-0.1, -0.05) is 22.9 Å². The average Bonchev–Trinajstić information content (AvgIpc) is 3.11. The lowest BCUT2D eigenvalue weighted by atomic mass is 9.98. The monoisotopic (exact) mass is 349 g/mol. The van der Waals surface area contributed by atoms with E-state index in [4.69, 9.17) is 11.6 Å². The summed E-state index contributed by atoms with van der Waals surface area (Å²) in [5.41, 5.74) is 0. The van der Waals surface area contributed by atoms with Crippen LogP contribution >= 0.6 is 22.9 Å². The number of nitrogens with zero attached hydrogens (tertiary/aromatic N) is 3. The van der Waals surface area contributed by atoms with Gasteiger partial charge in [-0.15, -0.1) is 0 Å². The molecule has 118 valence electrons. The van der Waals surface area contributed by atoms with Gasteiger partial charge in [-0.2, -0.15) is 4.31 Å². The third-order valence-corrected chi connectivity index (χ3v) is 7.79. The lowest BCUT2D eigenvalue weighted by Crippen LogP contribution is -2.41. The predicted octanol–water partition coefficient (Wildman–Crippen LogP) is 2.29. The molecule has 1 aromatic rings. The fourth-order valence-electron chi connectivity index (χ4n) is 3.15. The molecule has 0 N–H and O–H groups in total. The van der Waals surface area contributed by atoms with E-state index in [9.17, 15) is 8.42 Å². The highest BCUT2D eigenvalue weighted by atomic mass is 35.5. The Labute approximate surface area is 135 Å². The van der Waals surface area contributed by atoms with E-state index in [1.54, 1.807) is 4.31 Å². The Morgan fingerprint density at radius 3 is 2.48 bits per heavy atom. The van der Waals surface area contributed by atoms with Crippen LogP contribution in [0.3, 0.4) is 0 Å². The first-order chi connectivity index (χ1) is 10.1. The average molecular weight is 350 g/mol. The van der Waals surface area contributed by atoms with Crippen molar-refractivity contribution < 1.29 is 8.42 Å². The van der Waals surface area contributed by atoms with Crippen LogP contribution in [0.25, 0.3) is 0 Å². The third kappa shape index (κ3) is 3.59. The zero-order valence-electron chi connectivity index (χ0n) is 11.9. The molecule has 0 saturated carbocycles. The lowest BCUT2D eigenvalue weighted by Gasteiger charge is -2.32. The quantitative estimate of drug-likeness (QED) is 0.837. The molecule has 1 aromatic heterocycles. The Bertz CT molecular complexity index is 576. The van der Waals surface area contributed by atoms with Gasteiger partial charge in [-0.05, 0) is 44.7 Å². The number of halogens is 1. The molecule has 0 aromatic carbocycles. The van der Waals surface area contributed by atoms with Crippen LogP contribution < -0.4 is 0 Å². The van der Waals surface area contributed by atoms with Crippen LogP contribution in [0.2, 0.25) is 4.47 Å². The highest BCUT2D eigenvalue weighted by molar-refractivity contribution is 7.91. The van der Waals surface area contributed by atoms with E-state index in [2.05, 4.69) is 9.88 Å². The molecule has 2 aliphatic heterocycles. The molecule has 3 rings (SSSR count). The fraction of sp³-hybridized carbons (Fsp3) is 0.769. The first kappa shape index (κ1) is 15.7. The Kier molecular flexibility index (Phi) is 4.85. The third-order valence-electron chi connectivity index (χ3n) is 4.34. The second-order valence-electron chi connectivity index (χ2n) is 5.79. The van der Waals surface area contributed by atoms with Crippen LogP contribution in [0.15, 0.2) is 10.4 Å². The maximum absolute atomic E-state index is 12.5. The van der Waals surface area contributed by atoms with E-state index in [1.807, 2.05) is 0 Å². The summed E-state index contributed by atoms with van der Waals surface area (Å²) in [7, 11) is -3.40. The number of piperidine rings is 1. The molecule has 0 unspecified atom stereocenters. The SMILES string of the molecule is O=S(=O)(c1cnc(Cl)s1)N1CCC(CN2CCCC2)CC1. The molecular weight excluding hydrogens is 330 g/mol. The highest BCUT2D eigenvalue weighted by Gasteiger charge is 2.31. The number of likely N-dealkylation sites (tertiary alicyclic amines) is 1. The highest BCUT2D eigenvalue weighted by Crippen LogP contribution is 2.29. The summed E-state index contributed by atoms with van der Waals surface area (Å²) in [6.07, 6.45) is 5.86. The van der Waals surface area contributed by atoms with Gasteiger partial charge in [0.25, 0.3) is 10.0 Å². The van der Waals surface area contributed by atoms with Crippen LogP contribution in [0.1, 0.15) is 25.7 Å². The van der Waals surface area contributed by atoms with Gasteiger partial charge in [-0.3, -0.25) is 0 Å². The summed E-state index contributed by atoms with van der Waals surface area (Å²) in [6, 6.07) is 0. The summed E-state index contributed by atoms with van der Waals surface area (Å²) in [5.74, 6) is 0.625. The second-order valence-corrected chi connectivity index (χ2v) is 9.56. The molecule has 2 aliphatic rings. The Morgan fingerprint density at radius 2 is 1.90 bits per heavy atom. The van der Waals surface area contributed by atoms with Crippen LogP contribution in [-0.2, 0) is 10.0 Å². The number of hydrogen-bond acceptors (Lipinski definition) is 5. The topological polar surface area (TPSA) is 53.5 Å². The van der Waals surface area contributed by atoms with Gasteiger partial charge in [-0.25, -0.2) is 13.4 Å². The maximum Gasteiger partial charge on any atom is 0.254 e. The van der Waals surface area contributed by atoms with Gasteiger partial charge >= 0.3 is 0 Å². The van der Waals surface area contributed by atoms with Gasteiger partial charge in [0, 0.05) is 19.6 Å². The number of aromatic nitrogens is 1. The predicted molar refractivity (Wildman–Crippen MR) is 84.3 cm³/mol. The molecule has 0 bridgehead atoms. The van der Waals surface area contributed by atoms with E-state index < -0.39 is 10.0 Å². The molecule has 5 nitrogen and oxygen atoms in total. The molecule has 0 atom stereocenters. The minimum absolute atomic E-state index is 0.255. The summed E-state index contributed by atoms with van der Waals surface area (Å²) in [5, 5.41) is 0. The van der Waals surface area contributed by atoms with Gasteiger partial charge in [0.05, 0.1) is 6.20 Å². The van der Waals surface area contributed by atoms with Crippen LogP contribution in [0.5, 0.6) is 0 Å². The molecule has 0 aliphatic carbocycles. The van der Waals surface area contributed by atoms with Crippen molar-refractivity contribution >= 4 is 33.0 Å². The molecule has 21 heavy (non-hydrogen) atoms. The molecule has 2 saturated heterocycles. The van der Waals surface area contributed by atoms with Crippen molar-refractivity contribution in [2.45, 2.75) is 29.9 Å². The minimum atomic E-state index is -3.40. The molecule has 3 heterocycles. The van der Waals surface area contributed by atoms with Crippen molar-refractivity contribution in [2.75, 3.05) is 32.7 Å². The number of thiazole rings is 1. The summed E-state index contributed by atoms with van der Waals surface area (Å²) >= 11 is 6.77. The zero-order chi connectivity index (χ0) is 14.9. The molecule has 0 amide bonds. The first-order valence-electron chi connectivity index (χ1n) is 7.39. The van der Waals surface area contributed by atoms with Gasteiger partial charge in [0.1, 0.15) is 0 Å². The van der Waals surface area contributed by atoms with Crippen LogP contribution in [0.4, 0.5) is 0 Å². The van der Waals surface area contributed by atoms with E-state index in [-0.39, 0.29) is 8.68 Å². The maximum atomic E-state index is 12.5. The Hall–Kier alpha value is -0.210. The zero-order valence-corrected chi connectivity index (χ0v) is 14.3. The van der Waals surface area contributed by atoms with E-state index in [0.29, 0.717) is 19.0 Å². The Balaban J connectivity index is 1.57. The van der Waals surface area contributed by atoms with E-state index in [0.717, 1.165) is 30.7 Å². The van der Waals surface area contributed by atoms with Crippen molar-refractivity contribution in [3.05, 3.63) is 10.7 Å². The van der Waals surface area contributed by atoms with E-state index in [1.165, 1.54) is 32.1 Å². The van der Waals surface area contributed by atoms with Gasteiger partial charge < -0.3 is 4.90 Å². The Morgan fingerprint density at radius 1 is 1.24 bits per heavy atom. The summed E-state index contributed by atoms with van der Waals surface area (Å²) in [6.45, 7) is 4.75. The normalized spacial score (nSPS) is 22.9. The smallest absolute Gasteiger partial charge is 0.254 e. The number of hydrogen-bond donors (Lipinski definition) is 0. The number of rotatable bonds is 4. The van der Waals surface area contributed by atoms with Crippen molar-refractivity contribution in [3.8, 4) is 0 Å². The number of sulfonamides is 1. The summed E-state index contributed by atoms with van der Waals surface area (Å²) in [4.78, 5) is 6.34. The summed E-state index contributed by atoms with van der Waals surface area (Å²) < 4.78 is 27.1. The largest absolute Gasteiger partial charge is 0.303 e. The van der Waals surface area contributed by atoms with Crippen molar-refractivity contribution in [1.82, 2.24) is 14.2 Å². The van der Waals surface area contributed by atoms with E-state index >= 15 is 0 Å². The molecule has 2 fully saturated rings. The van der Waals surface area contributed by atoms with Crippen LogP contribution in [-0.4, -0.2) is 55.3 Å².